The van der Waals surface area contributed by atoms with Gasteiger partial charge in [-0.1, -0.05) is 24.3 Å². The number of hydrogen-bond donors (Lipinski definition) is 1. The Kier molecular flexibility index (Phi) is 3.82. The van der Waals surface area contributed by atoms with E-state index in [2.05, 4.69) is 17.5 Å². The lowest BCUT2D eigenvalue weighted by Crippen LogP contribution is -2.14. The topological polar surface area (TPSA) is 44.5 Å². The highest BCUT2D eigenvalue weighted by atomic mass is 32.1. The largest absolute Gasteiger partial charge is 0.496 e. The van der Waals surface area contributed by atoms with Gasteiger partial charge in [0, 0.05) is 4.70 Å². The van der Waals surface area contributed by atoms with E-state index in [1.807, 2.05) is 30.3 Å². The van der Waals surface area contributed by atoms with Gasteiger partial charge in [0.25, 0.3) is 0 Å². The van der Waals surface area contributed by atoms with Crippen LogP contribution in [0.15, 0.2) is 47.8 Å². The van der Waals surface area contributed by atoms with Gasteiger partial charge in [0.1, 0.15) is 11.5 Å². The molecule has 0 radical (unpaired) electrons. The number of rotatable bonds is 4. The van der Waals surface area contributed by atoms with Crippen molar-refractivity contribution in [2.75, 3.05) is 14.2 Å². The van der Waals surface area contributed by atoms with Crippen molar-refractivity contribution in [3.8, 4) is 11.5 Å². The first kappa shape index (κ1) is 13.9. The van der Waals surface area contributed by atoms with Crippen molar-refractivity contribution in [3.05, 3.63) is 59.0 Å². The molecule has 0 spiro atoms. The third-order valence-corrected chi connectivity index (χ3v) is 4.60. The van der Waals surface area contributed by atoms with Crippen molar-refractivity contribution in [2.45, 2.75) is 6.04 Å². The molecule has 21 heavy (non-hydrogen) atoms. The van der Waals surface area contributed by atoms with Gasteiger partial charge in [0.15, 0.2) is 0 Å². The molecule has 0 saturated heterocycles. The number of nitrogens with two attached hydrogens (primary N) is 1. The molecule has 0 aliphatic heterocycles. The van der Waals surface area contributed by atoms with Crippen molar-refractivity contribution < 1.29 is 9.47 Å². The van der Waals surface area contributed by atoms with Crippen molar-refractivity contribution >= 4 is 21.4 Å². The molecule has 0 saturated carbocycles. The SMILES string of the molecule is COc1cccc(OC)c1C(N)c1csc2ccccc12. The number of thiophene rings is 1. The van der Waals surface area contributed by atoms with E-state index in [9.17, 15) is 0 Å². The zero-order chi connectivity index (χ0) is 14.8. The zero-order valence-corrected chi connectivity index (χ0v) is 12.8. The summed E-state index contributed by atoms with van der Waals surface area (Å²) in [4.78, 5) is 0. The van der Waals surface area contributed by atoms with Crippen LogP contribution in [0.4, 0.5) is 0 Å². The molecule has 0 bridgehead atoms. The third-order valence-electron chi connectivity index (χ3n) is 3.62. The number of hydrogen-bond acceptors (Lipinski definition) is 4. The van der Waals surface area contributed by atoms with E-state index >= 15 is 0 Å². The predicted octanol–water partition coefficient (Wildman–Crippen LogP) is 3.97. The molecule has 1 heterocycles. The second-order valence-corrected chi connectivity index (χ2v) is 5.65. The smallest absolute Gasteiger partial charge is 0.127 e. The fourth-order valence-electron chi connectivity index (χ4n) is 2.58. The van der Waals surface area contributed by atoms with E-state index in [0.717, 1.165) is 22.6 Å². The quantitative estimate of drug-likeness (QED) is 0.793. The summed E-state index contributed by atoms with van der Waals surface area (Å²) in [6.45, 7) is 0. The molecule has 108 valence electrons. The molecule has 2 N–H and O–H groups in total. The molecule has 3 rings (SSSR count). The van der Waals surface area contributed by atoms with Crippen LogP contribution in [0, 0.1) is 0 Å². The van der Waals surface area contributed by atoms with Crippen LogP contribution in [0.3, 0.4) is 0 Å². The summed E-state index contributed by atoms with van der Waals surface area (Å²) in [7, 11) is 3.30. The first-order valence-electron chi connectivity index (χ1n) is 6.69. The Hall–Kier alpha value is -2.04. The fourth-order valence-corrected chi connectivity index (χ4v) is 3.58. The fraction of sp³-hybridized carbons (Fsp3) is 0.176. The molecule has 0 fully saturated rings. The summed E-state index contributed by atoms with van der Waals surface area (Å²) < 4.78 is 12.2. The first-order valence-corrected chi connectivity index (χ1v) is 7.56. The summed E-state index contributed by atoms with van der Waals surface area (Å²) >= 11 is 1.70. The van der Waals surface area contributed by atoms with Gasteiger partial charge in [-0.2, -0.15) is 0 Å². The van der Waals surface area contributed by atoms with E-state index in [0.29, 0.717) is 0 Å². The average Bonchev–Trinajstić information content (AvgIpc) is 2.97. The standard InChI is InChI=1S/C17H17NO2S/c1-19-13-7-5-8-14(20-2)16(13)17(18)12-10-21-15-9-4-3-6-11(12)15/h3-10,17H,18H2,1-2H3. The molecule has 3 aromatic rings. The van der Waals surface area contributed by atoms with Gasteiger partial charge in [0.05, 0.1) is 25.8 Å². The summed E-state index contributed by atoms with van der Waals surface area (Å²) in [5.41, 5.74) is 8.50. The van der Waals surface area contributed by atoms with Crippen LogP contribution in [-0.4, -0.2) is 14.2 Å². The number of methoxy groups -OCH3 is 2. The van der Waals surface area contributed by atoms with Crippen LogP contribution in [0.2, 0.25) is 0 Å². The van der Waals surface area contributed by atoms with E-state index < -0.39 is 0 Å². The second-order valence-electron chi connectivity index (χ2n) is 4.74. The van der Waals surface area contributed by atoms with Crippen LogP contribution in [0.1, 0.15) is 17.2 Å². The highest BCUT2D eigenvalue weighted by molar-refractivity contribution is 7.17. The number of ether oxygens (including phenoxy) is 2. The lowest BCUT2D eigenvalue weighted by Gasteiger charge is -2.18. The maximum Gasteiger partial charge on any atom is 0.127 e. The second kappa shape index (κ2) is 5.76. The molecule has 4 heteroatoms. The van der Waals surface area contributed by atoms with Crippen LogP contribution in [0.25, 0.3) is 10.1 Å². The third kappa shape index (κ3) is 2.37. The summed E-state index contributed by atoms with van der Waals surface area (Å²) in [5.74, 6) is 1.49. The van der Waals surface area contributed by atoms with Gasteiger partial charge in [-0.25, -0.2) is 0 Å². The molecule has 3 nitrogen and oxygen atoms in total. The van der Waals surface area contributed by atoms with Crippen LogP contribution in [0.5, 0.6) is 11.5 Å². The summed E-state index contributed by atoms with van der Waals surface area (Å²) in [5, 5.41) is 3.30. The van der Waals surface area contributed by atoms with Crippen molar-refractivity contribution in [2.24, 2.45) is 5.73 Å². The number of fused-ring (bicyclic) bond motifs is 1. The monoisotopic (exact) mass is 299 g/mol. The highest BCUT2D eigenvalue weighted by Gasteiger charge is 2.21. The Morgan fingerprint density at radius 3 is 2.29 bits per heavy atom. The van der Waals surface area contributed by atoms with Gasteiger partial charge in [-0.05, 0) is 34.5 Å². The number of benzene rings is 2. The summed E-state index contributed by atoms with van der Waals surface area (Å²) in [6.07, 6.45) is 0. The minimum absolute atomic E-state index is 0.285. The van der Waals surface area contributed by atoms with E-state index in [-0.39, 0.29) is 6.04 Å². The molecular formula is C17H17NO2S. The lowest BCUT2D eigenvalue weighted by molar-refractivity contribution is 0.382. The lowest BCUT2D eigenvalue weighted by atomic mass is 9.97. The van der Waals surface area contributed by atoms with Gasteiger partial charge in [-0.15, -0.1) is 11.3 Å². The average molecular weight is 299 g/mol. The van der Waals surface area contributed by atoms with Crippen molar-refractivity contribution in [3.63, 3.8) is 0 Å². The maximum absolute atomic E-state index is 6.53. The molecule has 0 amide bonds. The van der Waals surface area contributed by atoms with Crippen LogP contribution >= 0.6 is 11.3 Å². The molecule has 1 aromatic heterocycles. The van der Waals surface area contributed by atoms with Crippen LogP contribution < -0.4 is 15.2 Å². The molecule has 0 aliphatic carbocycles. The van der Waals surface area contributed by atoms with Gasteiger partial charge in [0.2, 0.25) is 0 Å². The van der Waals surface area contributed by atoms with Crippen molar-refractivity contribution in [1.29, 1.82) is 0 Å². The Balaban J connectivity index is 2.16. The van der Waals surface area contributed by atoms with Crippen molar-refractivity contribution in [1.82, 2.24) is 0 Å². The van der Waals surface area contributed by atoms with Crippen LogP contribution in [-0.2, 0) is 0 Å². The Morgan fingerprint density at radius 1 is 0.952 bits per heavy atom. The van der Waals surface area contributed by atoms with E-state index in [1.165, 1.54) is 10.1 Å². The van der Waals surface area contributed by atoms with Gasteiger partial charge in [-0.3, -0.25) is 0 Å². The van der Waals surface area contributed by atoms with E-state index in [4.69, 9.17) is 15.2 Å². The summed E-state index contributed by atoms with van der Waals surface area (Å²) in [6, 6.07) is 13.7. The Morgan fingerprint density at radius 2 is 1.62 bits per heavy atom. The Labute approximate surface area is 127 Å². The molecule has 0 aliphatic rings. The molecule has 1 unspecified atom stereocenters. The zero-order valence-electron chi connectivity index (χ0n) is 12.0. The Bertz CT molecular complexity index is 744. The normalized spacial score (nSPS) is 12.3. The molecule has 1 atom stereocenters. The minimum atomic E-state index is -0.285. The van der Waals surface area contributed by atoms with Gasteiger partial charge >= 0.3 is 0 Å². The first-order chi connectivity index (χ1) is 10.3. The highest BCUT2D eigenvalue weighted by Crippen LogP contribution is 2.39. The maximum atomic E-state index is 6.53. The molecule has 2 aromatic carbocycles. The van der Waals surface area contributed by atoms with Gasteiger partial charge < -0.3 is 15.2 Å². The minimum Gasteiger partial charge on any atom is -0.496 e. The van der Waals surface area contributed by atoms with E-state index in [1.54, 1.807) is 25.6 Å². The molecular weight excluding hydrogens is 282 g/mol. The predicted molar refractivity (Wildman–Crippen MR) is 87.4 cm³/mol.